The highest BCUT2D eigenvalue weighted by atomic mass is 16.1. The van der Waals surface area contributed by atoms with Crippen LogP contribution in [0.1, 0.15) is 46.0 Å². The van der Waals surface area contributed by atoms with Gasteiger partial charge in [-0.25, -0.2) is 0 Å². The van der Waals surface area contributed by atoms with Gasteiger partial charge in [0.1, 0.15) is 0 Å². The molecule has 3 rings (SSSR count). The SMILES string of the molecule is CC1=C2CC(C)CC2=CCC1NC(=O)[C@@H]1C=CC(N)CC1. The normalized spacial score (nSPS) is 35.5. The molecule has 0 spiro atoms. The Morgan fingerprint density at radius 1 is 1.29 bits per heavy atom. The summed E-state index contributed by atoms with van der Waals surface area (Å²) in [5, 5.41) is 3.25. The Morgan fingerprint density at radius 2 is 2.10 bits per heavy atom. The third-order valence-electron chi connectivity index (χ3n) is 5.16. The topological polar surface area (TPSA) is 55.1 Å². The van der Waals surface area contributed by atoms with Crippen LogP contribution in [0.15, 0.2) is 34.9 Å². The van der Waals surface area contributed by atoms with E-state index in [2.05, 4.69) is 25.2 Å². The summed E-state index contributed by atoms with van der Waals surface area (Å²) in [4.78, 5) is 12.4. The maximum absolute atomic E-state index is 12.4. The van der Waals surface area contributed by atoms with Gasteiger partial charge in [0.2, 0.25) is 5.91 Å². The van der Waals surface area contributed by atoms with Gasteiger partial charge in [0, 0.05) is 6.04 Å². The highest BCUT2D eigenvalue weighted by molar-refractivity contribution is 5.81. The van der Waals surface area contributed by atoms with E-state index in [4.69, 9.17) is 5.73 Å². The molecule has 1 amide bonds. The summed E-state index contributed by atoms with van der Waals surface area (Å²) in [6.45, 7) is 4.50. The van der Waals surface area contributed by atoms with Gasteiger partial charge in [-0.2, -0.15) is 0 Å². The number of allylic oxidation sites excluding steroid dienone is 2. The first-order valence-corrected chi connectivity index (χ1v) is 8.18. The Morgan fingerprint density at radius 3 is 2.81 bits per heavy atom. The molecular weight excluding hydrogens is 260 g/mol. The Kier molecular flexibility index (Phi) is 4.03. The molecule has 3 N–H and O–H groups in total. The van der Waals surface area contributed by atoms with Gasteiger partial charge in [-0.05, 0) is 61.7 Å². The van der Waals surface area contributed by atoms with Crippen molar-refractivity contribution in [1.29, 1.82) is 0 Å². The van der Waals surface area contributed by atoms with E-state index >= 15 is 0 Å². The Balaban J connectivity index is 1.67. The van der Waals surface area contributed by atoms with Crippen LogP contribution in [0.4, 0.5) is 0 Å². The van der Waals surface area contributed by atoms with Crippen LogP contribution in [0.25, 0.3) is 0 Å². The molecule has 3 aliphatic carbocycles. The Labute approximate surface area is 127 Å². The van der Waals surface area contributed by atoms with Crippen LogP contribution in [-0.4, -0.2) is 18.0 Å². The van der Waals surface area contributed by atoms with E-state index < -0.39 is 0 Å². The van der Waals surface area contributed by atoms with Crippen molar-refractivity contribution in [2.24, 2.45) is 17.6 Å². The lowest BCUT2D eigenvalue weighted by atomic mass is 9.88. The standard InChI is InChI=1S/C18H26N2O/c1-11-9-14-5-8-17(12(2)16(14)10-11)20-18(21)13-3-6-15(19)7-4-13/h3,5-6,11,13,15,17H,4,7-10,19H2,1-2H3,(H,20,21)/t11?,13-,15?,17?/m1/s1. The number of carbonyl (C=O) groups is 1. The van der Waals surface area contributed by atoms with E-state index in [9.17, 15) is 4.79 Å². The highest BCUT2D eigenvalue weighted by Crippen LogP contribution is 2.41. The number of carbonyl (C=O) groups excluding carboxylic acids is 1. The third kappa shape index (κ3) is 2.98. The lowest BCUT2D eigenvalue weighted by Crippen LogP contribution is -2.41. The molecule has 1 saturated carbocycles. The summed E-state index contributed by atoms with van der Waals surface area (Å²) in [7, 11) is 0. The number of nitrogens with two attached hydrogens (primary N) is 1. The van der Waals surface area contributed by atoms with E-state index in [0.717, 1.165) is 25.2 Å². The van der Waals surface area contributed by atoms with Crippen LogP contribution in [0, 0.1) is 11.8 Å². The van der Waals surface area contributed by atoms with Crippen molar-refractivity contribution in [2.75, 3.05) is 0 Å². The molecule has 0 aliphatic heterocycles. The first-order valence-electron chi connectivity index (χ1n) is 8.18. The predicted octanol–water partition coefficient (Wildman–Crippen LogP) is 2.84. The van der Waals surface area contributed by atoms with Gasteiger partial charge in [-0.1, -0.05) is 25.2 Å². The van der Waals surface area contributed by atoms with Crippen LogP contribution in [0.2, 0.25) is 0 Å². The van der Waals surface area contributed by atoms with E-state index in [-0.39, 0.29) is 23.9 Å². The maximum atomic E-state index is 12.4. The van der Waals surface area contributed by atoms with Crippen LogP contribution < -0.4 is 11.1 Å². The van der Waals surface area contributed by atoms with E-state index in [1.165, 1.54) is 29.6 Å². The summed E-state index contributed by atoms with van der Waals surface area (Å²) in [6, 6.07) is 0.309. The van der Waals surface area contributed by atoms with E-state index in [1.54, 1.807) is 0 Å². The van der Waals surface area contributed by atoms with Crippen molar-refractivity contribution in [2.45, 2.75) is 58.0 Å². The van der Waals surface area contributed by atoms with Gasteiger partial charge in [-0.3, -0.25) is 4.79 Å². The molecule has 3 heteroatoms. The van der Waals surface area contributed by atoms with Crippen molar-refractivity contribution >= 4 is 5.91 Å². The third-order valence-corrected chi connectivity index (χ3v) is 5.16. The van der Waals surface area contributed by atoms with E-state index in [0.29, 0.717) is 0 Å². The van der Waals surface area contributed by atoms with Crippen LogP contribution in [0.5, 0.6) is 0 Å². The number of rotatable bonds is 2. The van der Waals surface area contributed by atoms with Gasteiger partial charge >= 0.3 is 0 Å². The lowest BCUT2D eigenvalue weighted by molar-refractivity contribution is -0.124. The number of amides is 1. The molecule has 0 radical (unpaired) electrons. The molecule has 0 aromatic carbocycles. The second kappa shape index (κ2) is 5.80. The summed E-state index contributed by atoms with van der Waals surface area (Å²) in [5.74, 6) is 0.903. The van der Waals surface area contributed by atoms with Gasteiger partial charge in [-0.15, -0.1) is 0 Å². The molecule has 0 aromatic heterocycles. The minimum atomic E-state index is -0.00419. The molecule has 114 valence electrons. The Bertz CT molecular complexity index is 529. The van der Waals surface area contributed by atoms with Crippen LogP contribution in [0.3, 0.4) is 0 Å². The largest absolute Gasteiger partial charge is 0.349 e. The van der Waals surface area contributed by atoms with Crippen molar-refractivity contribution in [1.82, 2.24) is 5.32 Å². The molecule has 21 heavy (non-hydrogen) atoms. The van der Waals surface area contributed by atoms with Crippen molar-refractivity contribution in [3.63, 3.8) is 0 Å². The zero-order valence-corrected chi connectivity index (χ0v) is 13.1. The second-order valence-electron chi connectivity index (χ2n) is 6.93. The molecule has 3 unspecified atom stereocenters. The molecule has 3 nitrogen and oxygen atoms in total. The number of fused-ring (bicyclic) bond motifs is 1. The first kappa shape index (κ1) is 14.6. The fourth-order valence-corrected chi connectivity index (χ4v) is 3.82. The monoisotopic (exact) mass is 286 g/mol. The van der Waals surface area contributed by atoms with Gasteiger partial charge in [0.25, 0.3) is 0 Å². The molecule has 0 saturated heterocycles. The molecule has 0 aromatic rings. The van der Waals surface area contributed by atoms with E-state index in [1.807, 2.05) is 12.2 Å². The second-order valence-corrected chi connectivity index (χ2v) is 6.93. The zero-order chi connectivity index (χ0) is 15.0. The average Bonchev–Trinajstić information content (AvgIpc) is 2.84. The van der Waals surface area contributed by atoms with Gasteiger partial charge in [0.15, 0.2) is 0 Å². The molecule has 4 atom stereocenters. The van der Waals surface area contributed by atoms with Gasteiger partial charge < -0.3 is 11.1 Å². The van der Waals surface area contributed by atoms with Crippen molar-refractivity contribution < 1.29 is 4.79 Å². The minimum absolute atomic E-state index is 0.00419. The molecule has 0 bridgehead atoms. The Hall–Kier alpha value is -1.35. The minimum Gasteiger partial charge on any atom is -0.349 e. The zero-order valence-electron chi connectivity index (χ0n) is 13.1. The lowest BCUT2D eigenvalue weighted by Gasteiger charge is -2.27. The van der Waals surface area contributed by atoms with Crippen molar-refractivity contribution in [3.05, 3.63) is 34.9 Å². The summed E-state index contributed by atoms with van der Waals surface area (Å²) < 4.78 is 0. The fourth-order valence-electron chi connectivity index (χ4n) is 3.82. The predicted molar refractivity (Wildman–Crippen MR) is 85.6 cm³/mol. The smallest absolute Gasteiger partial charge is 0.227 e. The summed E-state index contributed by atoms with van der Waals surface area (Å²) >= 11 is 0. The highest BCUT2D eigenvalue weighted by Gasteiger charge is 2.30. The molecule has 3 aliphatic rings. The van der Waals surface area contributed by atoms with Gasteiger partial charge in [0.05, 0.1) is 12.0 Å². The quantitative estimate of drug-likeness (QED) is 0.767. The molecule has 1 fully saturated rings. The average molecular weight is 286 g/mol. The molecular formula is C18H26N2O. The number of hydrogen-bond donors (Lipinski definition) is 2. The van der Waals surface area contributed by atoms with Crippen LogP contribution in [-0.2, 0) is 4.79 Å². The summed E-state index contributed by atoms with van der Waals surface area (Å²) in [5.41, 5.74) is 10.2. The fraction of sp³-hybridized carbons (Fsp3) is 0.611. The first-order chi connectivity index (χ1) is 10.0. The number of nitrogens with one attached hydrogen (secondary N) is 1. The number of hydrogen-bond acceptors (Lipinski definition) is 2. The molecule has 0 heterocycles. The summed E-state index contributed by atoms with van der Waals surface area (Å²) in [6.07, 6.45) is 11.4. The maximum Gasteiger partial charge on any atom is 0.227 e. The van der Waals surface area contributed by atoms with Crippen LogP contribution >= 0.6 is 0 Å². The van der Waals surface area contributed by atoms with Crippen molar-refractivity contribution in [3.8, 4) is 0 Å².